The molecule has 2 heterocycles. The Hall–Kier alpha value is -2.40. The molecule has 3 aromatic rings. The van der Waals surface area contributed by atoms with E-state index < -0.39 is 74.9 Å². The number of carbonyl (C=O) groups is 3. The zero-order chi connectivity index (χ0) is 46.4. The van der Waals surface area contributed by atoms with Gasteiger partial charge in [-0.25, -0.2) is 30.0 Å². The van der Waals surface area contributed by atoms with E-state index in [1.54, 1.807) is 52.0 Å². The van der Waals surface area contributed by atoms with Crippen LogP contribution in [0.2, 0.25) is 0 Å². The van der Waals surface area contributed by atoms with Crippen molar-refractivity contribution in [3.8, 4) is 0 Å². The Bertz CT molecular complexity index is 3010. The number of fused-ring (bicyclic) bond motifs is 2. The minimum atomic E-state index is -4.92. The van der Waals surface area contributed by atoms with Gasteiger partial charge in [0, 0.05) is 64.3 Å². The summed E-state index contributed by atoms with van der Waals surface area (Å²) < 4.78 is 99.0. The van der Waals surface area contributed by atoms with Crippen LogP contribution < -0.4 is 123 Å². The minimum Gasteiger partial charge on any atom is -0.871 e. The van der Waals surface area contributed by atoms with Crippen molar-refractivity contribution in [1.82, 2.24) is 4.72 Å². The molecule has 0 atom stereocenters. The maximum absolute atomic E-state index is 14.0. The van der Waals surface area contributed by atoms with Crippen LogP contribution in [0.3, 0.4) is 0 Å². The second-order valence-electron chi connectivity index (χ2n) is 16.2. The first-order valence-corrected chi connectivity index (χ1v) is 24.4. The first-order chi connectivity index (χ1) is 29.2. The van der Waals surface area contributed by atoms with E-state index in [1.807, 2.05) is 9.62 Å². The van der Waals surface area contributed by atoms with Gasteiger partial charge >= 0.3 is 103 Å². The SMILES string of the molecule is CC1(C)C(C=C2C(=O)C(/C=C3/N(CCCCCC(=O)Nc4ccc(N=C=S)cc4)c4ccc(S(=O)(=O)[O-])cc4C3(C)C)=C2[O-])=[N+](CC(=O)NS(C)(=O)=O)c2ccc(S(=O)(=O)[O-])cc21.[K+].[K+]. The molecule has 0 saturated carbocycles. The minimum absolute atomic E-state index is 0. The van der Waals surface area contributed by atoms with E-state index in [9.17, 15) is 53.8 Å². The summed E-state index contributed by atoms with van der Waals surface area (Å²) >= 11 is 4.61. The number of aliphatic imine (C=N–C) groups is 1. The monoisotopic (exact) mass is 1010 g/mol. The molecule has 0 fully saturated rings. The number of nitrogens with one attached hydrogen (secondary N) is 2. The maximum atomic E-state index is 14.0. The molecular formula is C42H41K2N5O12S4. The quantitative estimate of drug-likeness (QED) is 0.0309. The Labute approximate surface area is 468 Å². The van der Waals surface area contributed by atoms with Gasteiger partial charge in [-0.05, 0) is 105 Å². The van der Waals surface area contributed by atoms with Crippen molar-refractivity contribution < 1.29 is 161 Å². The number of hydrogen-bond acceptors (Lipinski definition) is 15. The molecule has 0 saturated heterocycles. The van der Waals surface area contributed by atoms with Crippen LogP contribution in [-0.4, -0.2) is 86.8 Å². The zero-order valence-corrected chi connectivity index (χ0v) is 46.1. The maximum Gasteiger partial charge on any atom is 1.00 e. The summed E-state index contributed by atoms with van der Waals surface area (Å²) in [6.45, 7) is 6.44. The molecular weight excluding hydrogens is 973 g/mol. The molecule has 0 spiro atoms. The standard InChI is InChI=1S/C42H43N5O12S4.2K/c1-41(2)31-19-27(62(54,55)56)14-16-33(31)46(18-8-6-7-9-37(48)44-26-12-10-25(11-13-26)43-24-60)35(41)21-29-39(50)30(40(29)51)22-36-42(3,4)32-20-28(63(57,58)59)15-17-34(32)47(36)23-38(49)45-61(5,52)53;;/h10-17,19-22H,6-9,18,23H2,1-5H3,(H4-,44,45,48,49,50,51,54,55,56,57,58,59);;/q;2*+1/p-2. The second kappa shape index (κ2) is 21.1. The molecule has 23 heteroatoms. The molecule has 3 aliphatic rings. The normalized spacial score (nSPS) is 17.4. The number of carbonyl (C=O) groups excluding carboxylic acids is 3. The van der Waals surface area contributed by atoms with Crippen molar-refractivity contribution >= 4 is 93.7 Å². The average molecular weight is 1010 g/mol. The van der Waals surface area contributed by atoms with Crippen LogP contribution in [-0.2, 0) is 55.5 Å². The number of isothiocyanates is 1. The molecule has 2 amide bonds. The van der Waals surface area contributed by atoms with Crippen molar-refractivity contribution in [3.05, 3.63) is 107 Å². The predicted molar refractivity (Wildman–Crippen MR) is 231 cm³/mol. The number of amides is 2. The van der Waals surface area contributed by atoms with Gasteiger partial charge in [-0.3, -0.25) is 14.4 Å². The topological polar surface area (TPSA) is 265 Å². The van der Waals surface area contributed by atoms with E-state index in [-0.39, 0.29) is 143 Å². The van der Waals surface area contributed by atoms with Crippen LogP contribution in [0, 0.1) is 0 Å². The summed E-state index contributed by atoms with van der Waals surface area (Å²) in [5.74, 6) is -2.54. The molecule has 0 radical (unpaired) electrons. The van der Waals surface area contributed by atoms with Gasteiger partial charge in [0.15, 0.2) is 11.5 Å². The third-order valence-electron chi connectivity index (χ3n) is 11.1. The van der Waals surface area contributed by atoms with Crippen molar-refractivity contribution in [2.45, 2.75) is 74.0 Å². The third-order valence-corrected chi connectivity index (χ3v) is 13.4. The number of anilines is 2. The molecule has 6 rings (SSSR count). The number of ketones is 1. The summed E-state index contributed by atoms with van der Waals surface area (Å²) in [5, 5.41) is 19.1. The van der Waals surface area contributed by atoms with Crippen molar-refractivity contribution in [2.24, 2.45) is 4.99 Å². The Kier molecular flexibility index (Phi) is 17.9. The van der Waals surface area contributed by atoms with E-state index in [0.29, 0.717) is 54.1 Å². The molecule has 17 nitrogen and oxygen atoms in total. The first kappa shape index (κ1) is 55.2. The van der Waals surface area contributed by atoms with Gasteiger partial charge in [0.2, 0.25) is 28.2 Å². The number of benzene rings is 3. The van der Waals surface area contributed by atoms with Crippen LogP contribution in [0.4, 0.5) is 22.7 Å². The van der Waals surface area contributed by atoms with E-state index in [1.165, 1.54) is 41.0 Å². The molecule has 332 valence electrons. The van der Waals surface area contributed by atoms with E-state index in [2.05, 4.69) is 27.7 Å². The van der Waals surface area contributed by atoms with E-state index in [4.69, 9.17) is 0 Å². The molecule has 65 heavy (non-hydrogen) atoms. The van der Waals surface area contributed by atoms with Gasteiger partial charge in [-0.2, -0.15) is 9.57 Å². The van der Waals surface area contributed by atoms with E-state index >= 15 is 0 Å². The summed E-state index contributed by atoms with van der Waals surface area (Å²) in [6, 6.07) is 14.2. The van der Waals surface area contributed by atoms with Gasteiger partial charge in [0.1, 0.15) is 20.2 Å². The number of Topliss-reactive ketones (excluding diaryl/α,β-unsaturated/α-hetero) is 1. The number of nitrogens with zero attached hydrogens (tertiary/aromatic N) is 3. The number of thiocarbonyl (C=S) groups is 1. The third kappa shape index (κ3) is 12.3. The molecule has 0 unspecified atom stereocenters. The van der Waals surface area contributed by atoms with Crippen LogP contribution in [0.25, 0.3) is 0 Å². The van der Waals surface area contributed by atoms with Crippen molar-refractivity contribution in [3.63, 3.8) is 0 Å². The van der Waals surface area contributed by atoms with Crippen LogP contribution in [0.15, 0.2) is 110 Å². The fourth-order valence-corrected chi connectivity index (χ4v) is 9.51. The summed E-state index contributed by atoms with van der Waals surface area (Å²) in [4.78, 5) is 44.3. The molecule has 0 bridgehead atoms. The second-order valence-corrected chi connectivity index (χ2v) is 20.9. The fraction of sp³-hybridized carbons (Fsp3) is 0.310. The Morgan fingerprint density at radius 2 is 1.43 bits per heavy atom. The zero-order valence-electron chi connectivity index (χ0n) is 36.5. The number of rotatable bonds is 15. The summed E-state index contributed by atoms with van der Waals surface area (Å²) in [7, 11) is -13.8. The average Bonchev–Trinajstić information content (AvgIpc) is 3.52. The number of allylic oxidation sites excluding steroid dienone is 5. The van der Waals surface area contributed by atoms with Crippen molar-refractivity contribution in [2.75, 3.05) is 29.6 Å². The number of unbranched alkanes of at least 4 members (excludes halogenated alkanes) is 2. The molecule has 3 aromatic carbocycles. The smallest absolute Gasteiger partial charge is 0.871 e. The molecule has 2 N–H and O–H groups in total. The molecule has 1 aliphatic carbocycles. The van der Waals surface area contributed by atoms with Gasteiger partial charge in [-0.1, -0.05) is 26.0 Å². The van der Waals surface area contributed by atoms with Gasteiger partial charge in [0.25, 0.3) is 5.91 Å². The Balaban J connectivity index is 0.00000462. The first-order valence-electron chi connectivity index (χ1n) is 19.3. The fourth-order valence-electron chi connectivity index (χ4n) is 7.93. The molecule has 0 aromatic heterocycles. The number of hydrogen-bond donors (Lipinski definition) is 2. The predicted octanol–water partition coefficient (Wildman–Crippen LogP) is -2.31. The van der Waals surface area contributed by atoms with Crippen molar-refractivity contribution in [1.29, 1.82) is 0 Å². The Morgan fingerprint density at radius 1 is 0.831 bits per heavy atom. The van der Waals surface area contributed by atoms with Gasteiger partial charge < -0.3 is 24.4 Å². The van der Waals surface area contributed by atoms with Crippen LogP contribution in [0.5, 0.6) is 0 Å². The van der Waals surface area contributed by atoms with E-state index in [0.717, 1.165) is 18.4 Å². The molecule has 2 aliphatic heterocycles. The summed E-state index contributed by atoms with van der Waals surface area (Å²) in [6.07, 6.45) is 5.30. The van der Waals surface area contributed by atoms with Gasteiger partial charge in [-0.15, -0.1) is 0 Å². The largest absolute Gasteiger partial charge is 1.00 e. The van der Waals surface area contributed by atoms with Crippen LogP contribution in [0.1, 0.15) is 64.5 Å². The number of sulfonamides is 1. The Morgan fingerprint density at radius 3 is 2.00 bits per heavy atom. The summed E-state index contributed by atoms with van der Waals surface area (Å²) in [5.41, 5.74) is 0.553. The van der Waals surface area contributed by atoms with Crippen LogP contribution >= 0.6 is 12.2 Å². The van der Waals surface area contributed by atoms with Gasteiger partial charge in [0.05, 0.1) is 32.3 Å².